The molecule has 2 amide bonds. The normalized spacial score (nSPS) is 14.0. The van der Waals surface area contributed by atoms with Crippen molar-refractivity contribution < 1.29 is 27.8 Å². The quantitative estimate of drug-likeness (QED) is 0.629. The largest absolute Gasteiger partial charge is 0.424 e. The van der Waals surface area contributed by atoms with Crippen molar-refractivity contribution in [3.8, 4) is 0 Å². The number of nitrogens with one attached hydrogen (secondary N) is 2. The Hall–Kier alpha value is -2.60. The van der Waals surface area contributed by atoms with Gasteiger partial charge in [0.25, 0.3) is 0 Å². The van der Waals surface area contributed by atoms with Crippen LogP contribution in [0.15, 0.2) is 24.8 Å². The number of carbonyl (C=O) groups is 1. The molecule has 2 heterocycles. The Kier molecular flexibility index (Phi) is 6.44. The third-order valence-corrected chi connectivity index (χ3v) is 3.85. The maximum Gasteiger partial charge on any atom is 0.424 e. The number of hydrogen-bond donors (Lipinski definition) is 3. The molecule has 0 saturated carbocycles. The van der Waals surface area contributed by atoms with Crippen LogP contribution in [0.4, 0.5) is 23.7 Å². The van der Waals surface area contributed by atoms with Crippen LogP contribution in [-0.2, 0) is 23.9 Å². The fourth-order valence-electron chi connectivity index (χ4n) is 2.41. The SMILES string of the molecule is COCCn1cc(NC(=O)NCCC(O)(c2nccn2C)C(F)(F)F)cn1. The van der Waals surface area contributed by atoms with Gasteiger partial charge in [0.2, 0.25) is 5.60 Å². The van der Waals surface area contributed by atoms with Gasteiger partial charge in [-0.15, -0.1) is 0 Å². The summed E-state index contributed by atoms with van der Waals surface area (Å²) in [6.07, 6.45) is -0.330. The van der Waals surface area contributed by atoms with Gasteiger partial charge in [0, 0.05) is 45.7 Å². The molecular formula is C15H21F3N6O3. The standard InChI is InChI=1S/C15H21F3N6O3/c1-23-6-5-19-12(23)14(26,15(16,17)18)3-4-20-13(25)22-11-9-21-24(10-11)7-8-27-2/h5-6,9-10,26H,3-4,7-8H2,1-2H3,(H2,20,22,25). The lowest BCUT2D eigenvalue weighted by Gasteiger charge is -2.29. The summed E-state index contributed by atoms with van der Waals surface area (Å²) in [5.41, 5.74) is -2.80. The molecule has 0 aliphatic rings. The number of urea groups is 1. The summed E-state index contributed by atoms with van der Waals surface area (Å²) < 4.78 is 47.6. The van der Waals surface area contributed by atoms with E-state index in [1.807, 2.05) is 0 Å². The number of imidazole rings is 1. The van der Waals surface area contributed by atoms with Crippen molar-refractivity contribution >= 4 is 11.7 Å². The number of halogens is 3. The molecule has 1 atom stereocenters. The fraction of sp³-hybridized carbons (Fsp3) is 0.533. The van der Waals surface area contributed by atoms with Crippen LogP contribution in [0.5, 0.6) is 0 Å². The van der Waals surface area contributed by atoms with Crippen LogP contribution in [0.3, 0.4) is 0 Å². The van der Waals surface area contributed by atoms with Crippen molar-refractivity contribution in [1.82, 2.24) is 24.6 Å². The van der Waals surface area contributed by atoms with E-state index in [1.165, 1.54) is 19.4 Å². The predicted molar refractivity (Wildman–Crippen MR) is 88.9 cm³/mol. The Morgan fingerprint density at radius 3 is 2.74 bits per heavy atom. The molecule has 2 aromatic heterocycles. The number of methoxy groups -OCH3 is 1. The van der Waals surface area contributed by atoms with Gasteiger partial charge >= 0.3 is 12.2 Å². The van der Waals surface area contributed by atoms with Gasteiger partial charge in [0.05, 0.1) is 25.0 Å². The van der Waals surface area contributed by atoms with Crippen LogP contribution in [0.2, 0.25) is 0 Å². The molecular weight excluding hydrogens is 369 g/mol. The first-order valence-electron chi connectivity index (χ1n) is 8.00. The number of amides is 2. The molecule has 0 aromatic carbocycles. The third kappa shape index (κ3) is 4.98. The molecule has 27 heavy (non-hydrogen) atoms. The summed E-state index contributed by atoms with van der Waals surface area (Å²) in [7, 11) is 2.89. The van der Waals surface area contributed by atoms with Crippen LogP contribution in [0, 0.1) is 0 Å². The summed E-state index contributed by atoms with van der Waals surface area (Å²) in [6, 6.07) is -0.717. The average Bonchev–Trinajstić information content (AvgIpc) is 3.20. The second-order valence-electron chi connectivity index (χ2n) is 5.84. The lowest BCUT2D eigenvalue weighted by molar-refractivity contribution is -0.272. The van der Waals surface area contributed by atoms with Gasteiger partial charge in [-0.2, -0.15) is 18.3 Å². The molecule has 150 valence electrons. The predicted octanol–water partition coefficient (Wildman–Crippen LogP) is 1.22. The summed E-state index contributed by atoms with van der Waals surface area (Å²) in [5.74, 6) is -0.545. The summed E-state index contributed by atoms with van der Waals surface area (Å²) >= 11 is 0. The molecule has 0 fully saturated rings. The Labute approximate surface area is 153 Å². The van der Waals surface area contributed by atoms with Crippen molar-refractivity contribution in [3.63, 3.8) is 0 Å². The van der Waals surface area contributed by atoms with E-state index >= 15 is 0 Å². The van der Waals surface area contributed by atoms with Crippen LogP contribution in [-0.4, -0.2) is 56.9 Å². The smallest absolute Gasteiger partial charge is 0.383 e. The molecule has 12 heteroatoms. The molecule has 0 spiro atoms. The van der Waals surface area contributed by atoms with E-state index in [9.17, 15) is 23.1 Å². The van der Waals surface area contributed by atoms with Gasteiger partial charge in [0.1, 0.15) is 5.82 Å². The molecule has 0 aliphatic carbocycles. The highest BCUT2D eigenvalue weighted by Crippen LogP contribution is 2.40. The number of carbonyl (C=O) groups excluding carboxylic acids is 1. The Morgan fingerprint density at radius 1 is 1.41 bits per heavy atom. The van der Waals surface area contributed by atoms with E-state index in [-0.39, 0.29) is 0 Å². The van der Waals surface area contributed by atoms with Gasteiger partial charge in [-0.1, -0.05) is 0 Å². The minimum absolute atomic E-state index is 0.374. The van der Waals surface area contributed by atoms with Crippen LogP contribution in [0.25, 0.3) is 0 Å². The second-order valence-corrected chi connectivity index (χ2v) is 5.84. The highest BCUT2D eigenvalue weighted by molar-refractivity contribution is 5.88. The Balaban J connectivity index is 1.92. The summed E-state index contributed by atoms with van der Waals surface area (Å²) in [6.45, 7) is 0.505. The lowest BCUT2D eigenvalue weighted by atomic mass is 9.97. The molecule has 0 bridgehead atoms. The first kappa shape index (κ1) is 20.7. The van der Waals surface area contributed by atoms with Crippen molar-refractivity contribution in [2.24, 2.45) is 7.05 Å². The van der Waals surface area contributed by atoms with Gasteiger partial charge in [-0.05, 0) is 0 Å². The highest BCUT2D eigenvalue weighted by Gasteiger charge is 2.57. The van der Waals surface area contributed by atoms with Crippen molar-refractivity contribution in [3.05, 3.63) is 30.6 Å². The van der Waals surface area contributed by atoms with E-state index in [0.717, 1.165) is 10.8 Å². The summed E-state index contributed by atoms with van der Waals surface area (Å²) in [4.78, 5) is 15.4. The number of alkyl halides is 3. The summed E-state index contributed by atoms with van der Waals surface area (Å²) in [5, 5.41) is 18.9. The Morgan fingerprint density at radius 2 is 2.15 bits per heavy atom. The Bertz CT molecular complexity index is 760. The minimum Gasteiger partial charge on any atom is -0.383 e. The van der Waals surface area contributed by atoms with Crippen molar-refractivity contribution in [2.45, 2.75) is 24.7 Å². The molecule has 2 aromatic rings. The maximum atomic E-state index is 13.4. The monoisotopic (exact) mass is 390 g/mol. The number of rotatable bonds is 8. The van der Waals surface area contributed by atoms with E-state index in [1.54, 1.807) is 18.0 Å². The number of nitrogens with zero attached hydrogens (tertiary/aromatic N) is 4. The maximum absolute atomic E-state index is 13.4. The van der Waals surface area contributed by atoms with Crippen molar-refractivity contribution in [2.75, 3.05) is 25.6 Å². The number of aromatic nitrogens is 4. The molecule has 3 N–H and O–H groups in total. The molecule has 9 nitrogen and oxygen atoms in total. The van der Waals surface area contributed by atoms with Crippen LogP contribution in [0.1, 0.15) is 12.2 Å². The van der Waals surface area contributed by atoms with E-state index in [4.69, 9.17) is 4.74 Å². The number of aryl methyl sites for hydroxylation is 1. The molecule has 2 rings (SSSR count). The zero-order valence-electron chi connectivity index (χ0n) is 14.8. The number of anilines is 1. The van der Waals surface area contributed by atoms with Gasteiger partial charge in [0.15, 0.2) is 0 Å². The molecule has 0 aliphatic heterocycles. The van der Waals surface area contributed by atoms with E-state index in [2.05, 4.69) is 20.7 Å². The second kappa shape index (κ2) is 8.39. The molecule has 0 radical (unpaired) electrons. The van der Waals surface area contributed by atoms with Gasteiger partial charge in [-0.25, -0.2) is 9.78 Å². The van der Waals surface area contributed by atoms with E-state index < -0.39 is 36.6 Å². The van der Waals surface area contributed by atoms with Crippen LogP contribution >= 0.6 is 0 Å². The molecule has 1 unspecified atom stereocenters. The van der Waals surface area contributed by atoms with E-state index in [0.29, 0.717) is 18.8 Å². The zero-order chi connectivity index (χ0) is 20.1. The van der Waals surface area contributed by atoms with Crippen LogP contribution < -0.4 is 10.6 Å². The minimum atomic E-state index is -4.95. The number of ether oxygens (including phenoxy) is 1. The number of aliphatic hydroxyl groups is 1. The first-order chi connectivity index (χ1) is 12.7. The van der Waals surface area contributed by atoms with Gasteiger partial charge < -0.3 is 25.0 Å². The first-order valence-corrected chi connectivity index (χ1v) is 8.00. The fourth-order valence-corrected chi connectivity index (χ4v) is 2.41. The van der Waals surface area contributed by atoms with Crippen molar-refractivity contribution in [1.29, 1.82) is 0 Å². The highest BCUT2D eigenvalue weighted by atomic mass is 19.4. The third-order valence-electron chi connectivity index (χ3n) is 3.85. The average molecular weight is 390 g/mol. The molecule has 0 saturated heterocycles. The topological polar surface area (TPSA) is 106 Å². The number of hydrogen-bond acceptors (Lipinski definition) is 5. The lowest BCUT2D eigenvalue weighted by Crippen LogP contribution is -2.47. The van der Waals surface area contributed by atoms with Gasteiger partial charge in [-0.3, -0.25) is 4.68 Å². The zero-order valence-corrected chi connectivity index (χ0v) is 14.8.